The van der Waals surface area contributed by atoms with Crippen molar-refractivity contribution in [2.75, 3.05) is 7.11 Å². The molecule has 0 aliphatic heterocycles. The van der Waals surface area contributed by atoms with Gasteiger partial charge in [-0.25, -0.2) is 4.79 Å². The van der Waals surface area contributed by atoms with Crippen LogP contribution in [0.5, 0.6) is 0 Å². The normalized spacial score (nSPS) is 16.9. The first kappa shape index (κ1) is 10.7. The number of fused-ring (bicyclic) bond motifs is 1. The van der Waals surface area contributed by atoms with Crippen LogP contribution in [-0.2, 0) is 11.2 Å². The molecule has 1 aliphatic carbocycles. The van der Waals surface area contributed by atoms with Crippen LogP contribution in [0.3, 0.4) is 0 Å². The highest BCUT2D eigenvalue weighted by Crippen LogP contribution is 2.23. The smallest absolute Gasteiger partial charge is 0.337 e. The van der Waals surface area contributed by atoms with Crippen LogP contribution in [0, 0.1) is 0 Å². The summed E-state index contributed by atoms with van der Waals surface area (Å²) in [5, 5.41) is 12.1. The Kier molecular flexibility index (Phi) is 2.90. The summed E-state index contributed by atoms with van der Waals surface area (Å²) in [6.45, 7) is 0. The summed E-state index contributed by atoms with van der Waals surface area (Å²) in [6, 6.07) is 5.32. The SMILES string of the molecule is COC(=O)c1ccc2c(c1)CCC/C2=N\O. The number of benzene rings is 1. The Bertz CT molecular complexity index is 452. The Labute approximate surface area is 93.5 Å². The average molecular weight is 219 g/mol. The fourth-order valence-corrected chi connectivity index (χ4v) is 2.01. The molecule has 1 aromatic rings. The fourth-order valence-electron chi connectivity index (χ4n) is 2.01. The predicted octanol–water partition coefficient (Wildman–Crippen LogP) is 1.99. The van der Waals surface area contributed by atoms with E-state index in [0.717, 1.165) is 30.4 Å². The van der Waals surface area contributed by atoms with Crippen molar-refractivity contribution in [3.05, 3.63) is 34.9 Å². The summed E-state index contributed by atoms with van der Waals surface area (Å²) in [4.78, 5) is 11.3. The lowest BCUT2D eigenvalue weighted by molar-refractivity contribution is 0.0600. The second-order valence-corrected chi connectivity index (χ2v) is 3.76. The third-order valence-corrected chi connectivity index (χ3v) is 2.82. The fraction of sp³-hybridized carbons (Fsp3) is 0.333. The summed E-state index contributed by atoms with van der Waals surface area (Å²) >= 11 is 0. The first-order valence-corrected chi connectivity index (χ1v) is 5.19. The first-order chi connectivity index (χ1) is 7.76. The van der Waals surface area contributed by atoms with Gasteiger partial charge in [-0.3, -0.25) is 0 Å². The molecule has 0 saturated carbocycles. The summed E-state index contributed by atoms with van der Waals surface area (Å²) in [5.41, 5.74) is 3.21. The van der Waals surface area contributed by atoms with Crippen molar-refractivity contribution in [2.45, 2.75) is 19.3 Å². The lowest BCUT2D eigenvalue weighted by atomic mass is 9.89. The van der Waals surface area contributed by atoms with E-state index in [1.54, 1.807) is 6.07 Å². The van der Waals surface area contributed by atoms with Crippen molar-refractivity contribution < 1.29 is 14.7 Å². The molecule has 84 valence electrons. The van der Waals surface area contributed by atoms with Crippen LogP contribution < -0.4 is 0 Å². The minimum absolute atomic E-state index is 0.337. The maximum absolute atomic E-state index is 11.3. The van der Waals surface area contributed by atoms with Crippen LogP contribution in [0.15, 0.2) is 23.4 Å². The van der Waals surface area contributed by atoms with E-state index in [9.17, 15) is 4.79 Å². The molecule has 0 atom stereocenters. The molecule has 0 radical (unpaired) electrons. The maximum Gasteiger partial charge on any atom is 0.337 e. The number of ether oxygens (including phenoxy) is 1. The molecular formula is C12H13NO3. The van der Waals surface area contributed by atoms with Gasteiger partial charge in [0.1, 0.15) is 0 Å². The molecule has 0 bridgehead atoms. The zero-order valence-corrected chi connectivity index (χ0v) is 9.06. The maximum atomic E-state index is 11.3. The number of oxime groups is 1. The standard InChI is InChI=1S/C12H13NO3/c1-16-12(14)9-5-6-10-8(7-9)3-2-4-11(10)13-15/h5-7,15H,2-4H2,1H3/b13-11+. The molecule has 0 aromatic heterocycles. The Morgan fingerprint density at radius 2 is 2.25 bits per heavy atom. The Balaban J connectivity index is 2.43. The van der Waals surface area contributed by atoms with Crippen molar-refractivity contribution in [1.29, 1.82) is 0 Å². The second-order valence-electron chi connectivity index (χ2n) is 3.76. The van der Waals surface area contributed by atoms with Gasteiger partial charge in [-0.2, -0.15) is 0 Å². The zero-order chi connectivity index (χ0) is 11.5. The number of esters is 1. The Morgan fingerprint density at radius 3 is 2.94 bits per heavy atom. The quantitative estimate of drug-likeness (QED) is 0.446. The monoisotopic (exact) mass is 219 g/mol. The highest BCUT2D eigenvalue weighted by molar-refractivity contribution is 6.03. The molecule has 0 amide bonds. The van der Waals surface area contributed by atoms with Crippen LogP contribution >= 0.6 is 0 Å². The highest BCUT2D eigenvalue weighted by atomic mass is 16.5. The van der Waals surface area contributed by atoms with E-state index in [0.29, 0.717) is 11.3 Å². The van der Waals surface area contributed by atoms with E-state index in [2.05, 4.69) is 9.89 Å². The van der Waals surface area contributed by atoms with Crippen LogP contribution in [0.2, 0.25) is 0 Å². The summed E-state index contributed by atoms with van der Waals surface area (Å²) in [6.07, 6.45) is 2.62. The molecule has 1 N–H and O–H groups in total. The minimum atomic E-state index is -0.337. The van der Waals surface area contributed by atoms with Crippen molar-refractivity contribution >= 4 is 11.7 Å². The van der Waals surface area contributed by atoms with Gasteiger partial charge in [-0.1, -0.05) is 11.2 Å². The minimum Gasteiger partial charge on any atom is -0.465 e. The number of aryl methyl sites for hydroxylation is 1. The number of methoxy groups -OCH3 is 1. The topological polar surface area (TPSA) is 58.9 Å². The number of nitrogens with zero attached hydrogens (tertiary/aromatic N) is 1. The number of hydrogen-bond donors (Lipinski definition) is 1. The molecule has 16 heavy (non-hydrogen) atoms. The van der Waals surface area contributed by atoms with Crippen molar-refractivity contribution in [2.24, 2.45) is 5.16 Å². The lowest BCUT2D eigenvalue weighted by Crippen LogP contribution is -2.13. The summed E-state index contributed by atoms with van der Waals surface area (Å²) in [7, 11) is 1.36. The molecule has 0 spiro atoms. The summed E-state index contributed by atoms with van der Waals surface area (Å²) < 4.78 is 4.66. The van der Waals surface area contributed by atoms with E-state index in [1.165, 1.54) is 7.11 Å². The molecule has 0 heterocycles. The Morgan fingerprint density at radius 1 is 1.44 bits per heavy atom. The van der Waals surface area contributed by atoms with Crippen LogP contribution in [0.4, 0.5) is 0 Å². The summed E-state index contributed by atoms with van der Waals surface area (Å²) in [5.74, 6) is -0.337. The van der Waals surface area contributed by atoms with Gasteiger partial charge < -0.3 is 9.94 Å². The van der Waals surface area contributed by atoms with Gasteiger partial charge in [0.05, 0.1) is 18.4 Å². The van der Waals surface area contributed by atoms with Gasteiger partial charge in [-0.05, 0) is 37.0 Å². The van der Waals surface area contributed by atoms with Crippen molar-refractivity contribution in [3.63, 3.8) is 0 Å². The molecule has 1 aromatic carbocycles. The van der Waals surface area contributed by atoms with Gasteiger partial charge >= 0.3 is 5.97 Å². The molecule has 1 aliphatic rings. The first-order valence-electron chi connectivity index (χ1n) is 5.19. The number of hydrogen-bond acceptors (Lipinski definition) is 4. The van der Waals surface area contributed by atoms with Crippen molar-refractivity contribution in [1.82, 2.24) is 0 Å². The number of carbonyl (C=O) groups excluding carboxylic acids is 1. The molecular weight excluding hydrogens is 206 g/mol. The molecule has 0 unspecified atom stereocenters. The largest absolute Gasteiger partial charge is 0.465 e. The van der Waals surface area contributed by atoms with Crippen LogP contribution in [0.1, 0.15) is 34.3 Å². The molecule has 0 saturated heterocycles. The third kappa shape index (κ3) is 1.78. The van der Waals surface area contributed by atoms with Gasteiger partial charge in [-0.15, -0.1) is 0 Å². The van der Waals surface area contributed by atoms with Gasteiger partial charge in [0, 0.05) is 5.56 Å². The van der Waals surface area contributed by atoms with Gasteiger partial charge in [0.15, 0.2) is 0 Å². The lowest BCUT2D eigenvalue weighted by Gasteiger charge is -2.17. The van der Waals surface area contributed by atoms with E-state index < -0.39 is 0 Å². The third-order valence-electron chi connectivity index (χ3n) is 2.82. The van der Waals surface area contributed by atoms with Gasteiger partial charge in [0.2, 0.25) is 0 Å². The van der Waals surface area contributed by atoms with Crippen LogP contribution in [-0.4, -0.2) is 24.0 Å². The average Bonchev–Trinajstić information content (AvgIpc) is 2.36. The number of rotatable bonds is 1. The molecule has 4 nitrogen and oxygen atoms in total. The van der Waals surface area contributed by atoms with E-state index in [4.69, 9.17) is 5.21 Å². The van der Waals surface area contributed by atoms with Crippen LogP contribution in [0.25, 0.3) is 0 Å². The van der Waals surface area contributed by atoms with E-state index >= 15 is 0 Å². The zero-order valence-electron chi connectivity index (χ0n) is 9.06. The van der Waals surface area contributed by atoms with Crippen molar-refractivity contribution in [3.8, 4) is 0 Å². The second kappa shape index (κ2) is 4.35. The molecule has 4 heteroatoms. The number of carbonyl (C=O) groups is 1. The van der Waals surface area contributed by atoms with E-state index in [-0.39, 0.29) is 5.97 Å². The van der Waals surface area contributed by atoms with Gasteiger partial charge in [0.25, 0.3) is 0 Å². The molecule has 0 fully saturated rings. The Hall–Kier alpha value is -1.84. The van der Waals surface area contributed by atoms with E-state index in [1.807, 2.05) is 12.1 Å². The molecule has 2 rings (SSSR count). The predicted molar refractivity (Wildman–Crippen MR) is 59.0 cm³/mol. The highest BCUT2D eigenvalue weighted by Gasteiger charge is 2.17.